The summed E-state index contributed by atoms with van der Waals surface area (Å²) >= 11 is 0. The lowest BCUT2D eigenvalue weighted by molar-refractivity contribution is -0.120. The molecule has 2 unspecified atom stereocenters. The highest BCUT2D eigenvalue weighted by molar-refractivity contribution is 5.80. The maximum atomic E-state index is 12.8. The summed E-state index contributed by atoms with van der Waals surface area (Å²) in [5.74, 6) is 1.92. The van der Waals surface area contributed by atoms with Gasteiger partial charge in [0.2, 0.25) is 0 Å². The summed E-state index contributed by atoms with van der Waals surface area (Å²) in [6.45, 7) is 8.84. The van der Waals surface area contributed by atoms with E-state index in [1.165, 1.54) is 11.1 Å². The van der Waals surface area contributed by atoms with Crippen LogP contribution in [-0.2, 0) is 4.79 Å². The van der Waals surface area contributed by atoms with E-state index in [1.54, 1.807) is 0 Å². The van der Waals surface area contributed by atoms with Crippen LogP contribution in [0.4, 0.5) is 0 Å². The first kappa shape index (κ1) is 18.4. The van der Waals surface area contributed by atoms with E-state index in [-0.39, 0.29) is 0 Å². The molecule has 0 saturated carbocycles. The zero-order chi connectivity index (χ0) is 17.5. The molecule has 1 heteroatoms. The molecule has 0 radical (unpaired) electrons. The highest BCUT2D eigenvalue weighted by Crippen LogP contribution is 2.32. The smallest absolute Gasteiger partial charge is 0.134 e. The topological polar surface area (TPSA) is 17.1 Å². The zero-order valence-corrected chi connectivity index (χ0v) is 15.4. The Balaban J connectivity index is 2.09. The molecule has 2 aromatic rings. The summed E-state index contributed by atoms with van der Waals surface area (Å²) in [7, 11) is 0. The lowest BCUT2D eigenvalue weighted by Gasteiger charge is -2.24. The van der Waals surface area contributed by atoms with E-state index in [0.29, 0.717) is 42.3 Å². The minimum Gasteiger partial charge on any atom is -0.300 e. The Morgan fingerprint density at radius 2 is 1.00 bits per heavy atom. The van der Waals surface area contributed by atoms with Crippen LogP contribution in [0.1, 0.15) is 63.5 Å². The molecular weight excluding hydrogens is 292 g/mol. The number of rotatable bonds is 8. The summed E-state index contributed by atoms with van der Waals surface area (Å²) in [5, 5.41) is 0. The molecule has 128 valence electrons. The van der Waals surface area contributed by atoms with E-state index >= 15 is 0 Å². The van der Waals surface area contributed by atoms with Crippen LogP contribution in [0.15, 0.2) is 60.7 Å². The van der Waals surface area contributed by atoms with E-state index in [0.717, 1.165) is 0 Å². The fourth-order valence-corrected chi connectivity index (χ4v) is 3.45. The number of carbonyl (C=O) groups is 1. The molecule has 2 aromatic carbocycles. The predicted octanol–water partition coefficient (Wildman–Crippen LogP) is 6.22. The number of Topliss-reactive ketones (excluding diaryl/α,β-unsaturated/α-hetero) is 1. The summed E-state index contributed by atoms with van der Waals surface area (Å²) in [6.07, 6.45) is 1.27. The van der Waals surface area contributed by atoms with Crippen molar-refractivity contribution in [3.05, 3.63) is 71.8 Å². The largest absolute Gasteiger partial charge is 0.300 e. The molecular formula is C23H30O. The van der Waals surface area contributed by atoms with Gasteiger partial charge in [0, 0.05) is 12.8 Å². The SMILES string of the molecule is CC(C)C(CC(=O)CC(c1ccccc1)C(C)C)c1ccccc1. The Labute approximate surface area is 147 Å². The lowest BCUT2D eigenvalue weighted by atomic mass is 9.80. The van der Waals surface area contributed by atoms with E-state index in [2.05, 4.69) is 76.2 Å². The normalized spacial score (nSPS) is 13.9. The first-order chi connectivity index (χ1) is 11.5. The van der Waals surface area contributed by atoms with Crippen molar-refractivity contribution in [2.75, 3.05) is 0 Å². The Bertz CT molecular complexity index is 557. The Morgan fingerprint density at radius 3 is 1.29 bits per heavy atom. The van der Waals surface area contributed by atoms with Crippen molar-refractivity contribution in [3.63, 3.8) is 0 Å². The molecule has 1 nitrogen and oxygen atoms in total. The second-order valence-corrected chi connectivity index (χ2v) is 7.47. The Hall–Kier alpha value is -1.89. The van der Waals surface area contributed by atoms with Crippen LogP contribution in [0.2, 0.25) is 0 Å². The molecule has 0 bridgehead atoms. The van der Waals surface area contributed by atoms with Crippen molar-refractivity contribution in [2.24, 2.45) is 11.8 Å². The van der Waals surface area contributed by atoms with Gasteiger partial charge in [0.15, 0.2) is 0 Å². The molecule has 24 heavy (non-hydrogen) atoms. The van der Waals surface area contributed by atoms with Crippen LogP contribution in [0.25, 0.3) is 0 Å². The number of hydrogen-bond acceptors (Lipinski definition) is 1. The van der Waals surface area contributed by atoms with Crippen molar-refractivity contribution in [2.45, 2.75) is 52.4 Å². The summed E-state index contributed by atoms with van der Waals surface area (Å²) in [4.78, 5) is 12.8. The van der Waals surface area contributed by atoms with Gasteiger partial charge < -0.3 is 0 Å². The molecule has 0 spiro atoms. The summed E-state index contributed by atoms with van der Waals surface area (Å²) in [5.41, 5.74) is 2.56. The standard InChI is InChI=1S/C23H30O/c1-17(2)22(19-11-7-5-8-12-19)15-21(24)16-23(18(3)4)20-13-9-6-10-14-20/h5-14,17-18,22-23H,15-16H2,1-4H3. The molecule has 0 aromatic heterocycles. The van der Waals surface area contributed by atoms with Gasteiger partial charge in [-0.2, -0.15) is 0 Å². The van der Waals surface area contributed by atoms with Crippen LogP contribution in [0.5, 0.6) is 0 Å². The quantitative estimate of drug-likeness (QED) is 0.564. The third-order valence-corrected chi connectivity index (χ3v) is 4.96. The van der Waals surface area contributed by atoms with Crippen molar-refractivity contribution in [1.29, 1.82) is 0 Å². The fourth-order valence-electron chi connectivity index (χ4n) is 3.45. The molecule has 0 saturated heterocycles. The van der Waals surface area contributed by atoms with Gasteiger partial charge in [0.05, 0.1) is 0 Å². The van der Waals surface area contributed by atoms with Gasteiger partial charge >= 0.3 is 0 Å². The molecule has 0 aliphatic carbocycles. The van der Waals surface area contributed by atoms with E-state index < -0.39 is 0 Å². The van der Waals surface area contributed by atoms with Gasteiger partial charge in [-0.15, -0.1) is 0 Å². The number of ketones is 1. The van der Waals surface area contributed by atoms with Crippen molar-refractivity contribution in [3.8, 4) is 0 Å². The number of hydrogen-bond donors (Lipinski definition) is 0. The average Bonchev–Trinajstić information content (AvgIpc) is 2.58. The molecule has 2 rings (SSSR count). The number of benzene rings is 2. The lowest BCUT2D eigenvalue weighted by Crippen LogP contribution is -2.17. The van der Waals surface area contributed by atoms with Crippen LogP contribution in [0.3, 0.4) is 0 Å². The first-order valence-electron chi connectivity index (χ1n) is 9.10. The van der Waals surface area contributed by atoms with Gasteiger partial charge in [-0.3, -0.25) is 4.79 Å². The highest BCUT2D eigenvalue weighted by Gasteiger charge is 2.24. The van der Waals surface area contributed by atoms with Gasteiger partial charge in [0.25, 0.3) is 0 Å². The van der Waals surface area contributed by atoms with Gasteiger partial charge in [-0.05, 0) is 34.8 Å². The summed E-state index contributed by atoms with van der Waals surface area (Å²) in [6, 6.07) is 20.9. The molecule has 0 fully saturated rings. The maximum Gasteiger partial charge on any atom is 0.134 e. The molecule has 0 heterocycles. The van der Waals surface area contributed by atoms with E-state index in [9.17, 15) is 4.79 Å². The third-order valence-electron chi connectivity index (χ3n) is 4.96. The molecule has 0 aliphatic rings. The first-order valence-corrected chi connectivity index (χ1v) is 9.10. The Kier molecular flexibility index (Phi) is 6.78. The van der Waals surface area contributed by atoms with Crippen molar-refractivity contribution >= 4 is 5.78 Å². The van der Waals surface area contributed by atoms with Crippen molar-refractivity contribution < 1.29 is 4.79 Å². The van der Waals surface area contributed by atoms with Crippen LogP contribution in [-0.4, -0.2) is 5.78 Å². The zero-order valence-electron chi connectivity index (χ0n) is 15.4. The second-order valence-electron chi connectivity index (χ2n) is 7.47. The van der Waals surface area contributed by atoms with Gasteiger partial charge in [0.1, 0.15) is 5.78 Å². The maximum absolute atomic E-state index is 12.8. The van der Waals surface area contributed by atoms with Crippen LogP contribution >= 0.6 is 0 Å². The van der Waals surface area contributed by atoms with Gasteiger partial charge in [-0.1, -0.05) is 88.4 Å². The molecule has 2 atom stereocenters. The van der Waals surface area contributed by atoms with Crippen LogP contribution < -0.4 is 0 Å². The summed E-state index contributed by atoms with van der Waals surface area (Å²) < 4.78 is 0. The van der Waals surface area contributed by atoms with Gasteiger partial charge in [-0.25, -0.2) is 0 Å². The monoisotopic (exact) mass is 322 g/mol. The van der Waals surface area contributed by atoms with Crippen LogP contribution in [0, 0.1) is 11.8 Å². The minimum absolute atomic E-state index is 0.308. The predicted molar refractivity (Wildman–Crippen MR) is 102 cm³/mol. The van der Waals surface area contributed by atoms with Crippen molar-refractivity contribution in [1.82, 2.24) is 0 Å². The minimum atomic E-state index is 0.308. The molecule has 0 amide bonds. The average molecular weight is 322 g/mol. The fraction of sp³-hybridized carbons (Fsp3) is 0.435. The Morgan fingerprint density at radius 1 is 0.667 bits per heavy atom. The molecule has 0 aliphatic heterocycles. The number of carbonyl (C=O) groups excluding carboxylic acids is 1. The highest BCUT2D eigenvalue weighted by atomic mass is 16.1. The van der Waals surface area contributed by atoms with E-state index in [4.69, 9.17) is 0 Å². The second kappa shape index (κ2) is 8.82. The third kappa shape index (κ3) is 5.06. The van der Waals surface area contributed by atoms with E-state index in [1.807, 2.05) is 12.1 Å². The molecule has 0 N–H and O–H groups in total.